The molecule has 1 aliphatic heterocycles. The average Bonchev–Trinajstić information content (AvgIpc) is 2.66. The topological polar surface area (TPSA) is 50.2 Å². The maximum atomic E-state index is 11.2. The highest BCUT2D eigenvalue weighted by Gasteiger charge is 2.14. The summed E-state index contributed by atoms with van der Waals surface area (Å²) in [5, 5.41) is 2.82. The Morgan fingerprint density at radius 3 is 2.64 bits per heavy atom. The van der Waals surface area contributed by atoms with Crippen molar-refractivity contribution in [3.8, 4) is 0 Å². The molecule has 5 heteroatoms. The van der Waals surface area contributed by atoms with Gasteiger partial charge in [0.25, 0.3) is 0 Å². The third-order valence-corrected chi connectivity index (χ3v) is 4.36. The van der Waals surface area contributed by atoms with E-state index in [1.807, 2.05) is 18.2 Å². The van der Waals surface area contributed by atoms with Gasteiger partial charge in [0.15, 0.2) is 0 Å². The molecule has 0 spiro atoms. The Morgan fingerprint density at radius 1 is 1.23 bits per heavy atom. The molecule has 1 saturated heterocycles. The zero-order valence-electron chi connectivity index (χ0n) is 13.4. The molecule has 0 saturated carbocycles. The van der Waals surface area contributed by atoms with Crippen molar-refractivity contribution in [1.82, 2.24) is 14.5 Å². The van der Waals surface area contributed by atoms with Gasteiger partial charge in [-0.3, -0.25) is 9.69 Å². The number of rotatable bonds is 3. The van der Waals surface area contributed by atoms with E-state index in [4.69, 9.17) is 4.98 Å². The van der Waals surface area contributed by atoms with Crippen LogP contribution in [0, 0.1) is 0 Å². The molecule has 0 aliphatic carbocycles. The van der Waals surface area contributed by atoms with Crippen LogP contribution in [-0.4, -0.2) is 33.4 Å². The Hall–Kier alpha value is -1.88. The van der Waals surface area contributed by atoms with E-state index in [0.717, 1.165) is 29.1 Å². The van der Waals surface area contributed by atoms with Gasteiger partial charge in [0, 0.05) is 19.7 Å². The summed E-state index contributed by atoms with van der Waals surface area (Å²) in [4.78, 5) is 18.5. The second kappa shape index (κ2) is 6.48. The van der Waals surface area contributed by atoms with E-state index < -0.39 is 0 Å². The van der Waals surface area contributed by atoms with E-state index in [0.29, 0.717) is 0 Å². The van der Waals surface area contributed by atoms with Crippen LogP contribution in [0.25, 0.3) is 11.0 Å². The largest absolute Gasteiger partial charge is 0.330 e. The number of nitrogens with zero attached hydrogens (tertiary/aromatic N) is 3. The summed E-state index contributed by atoms with van der Waals surface area (Å²) in [6.07, 6.45) is 5.27. The van der Waals surface area contributed by atoms with Crippen LogP contribution in [0.1, 0.15) is 38.4 Å². The lowest BCUT2D eigenvalue weighted by atomic mass is 10.2. The molecule has 3 rings (SSSR count). The Labute approximate surface area is 131 Å². The van der Waals surface area contributed by atoms with Crippen LogP contribution in [0.3, 0.4) is 0 Å². The van der Waals surface area contributed by atoms with Gasteiger partial charge in [0.1, 0.15) is 5.82 Å². The fourth-order valence-corrected chi connectivity index (χ4v) is 3.17. The molecule has 1 aromatic carbocycles. The number of carbonyl (C=O) groups is 1. The highest BCUT2D eigenvalue weighted by molar-refractivity contribution is 5.91. The number of likely N-dealkylation sites (tertiary alicyclic amines) is 1. The second-order valence-electron chi connectivity index (χ2n) is 6.16. The third kappa shape index (κ3) is 3.30. The summed E-state index contributed by atoms with van der Waals surface area (Å²) < 4.78 is 2.16. The summed E-state index contributed by atoms with van der Waals surface area (Å²) in [6, 6.07) is 5.91. The van der Waals surface area contributed by atoms with E-state index in [1.165, 1.54) is 45.7 Å². The molecule has 0 unspecified atom stereocenters. The van der Waals surface area contributed by atoms with E-state index in [-0.39, 0.29) is 5.91 Å². The molecule has 0 bridgehead atoms. The molecule has 1 fully saturated rings. The predicted octanol–water partition coefficient (Wildman–Crippen LogP) is 2.91. The summed E-state index contributed by atoms with van der Waals surface area (Å²) in [5.41, 5.74) is 2.86. The molecule has 1 aliphatic rings. The lowest BCUT2D eigenvalue weighted by Crippen LogP contribution is -2.25. The van der Waals surface area contributed by atoms with Gasteiger partial charge < -0.3 is 9.88 Å². The lowest BCUT2D eigenvalue weighted by Gasteiger charge is -2.19. The number of nitrogens with one attached hydrogen (secondary N) is 1. The molecule has 2 aromatic rings. The molecule has 1 amide bonds. The molecule has 0 atom stereocenters. The number of imidazole rings is 1. The zero-order valence-corrected chi connectivity index (χ0v) is 13.4. The minimum absolute atomic E-state index is 0.0555. The highest BCUT2D eigenvalue weighted by Crippen LogP contribution is 2.21. The fraction of sp³-hybridized carbons (Fsp3) is 0.529. The minimum Gasteiger partial charge on any atom is -0.330 e. The average molecular weight is 300 g/mol. The summed E-state index contributed by atoms with van der Waals surface area (Å²) in [7, 11) is 2.07. The van der Waals surface area contributed by atoms with Crippen LogP contribution in [0.15, 0.2) is 18.2 Å². The Bertz CT molecular complexity index is 669. The van der Waals surface area contributed by atoms with Crippen molar-refractivity contribution in [2.45, 2.75) is 39.2 Å². The Kier molecular flexibility index (Phi) is 4.43. The van der Waals surface area contributed by atoms with Crippen molar-refractivity contribution < 1.29 is 4.79 Å². The number of fused-ring (bicyclic) bond motifs is 1. The number of aromatic nitrogens is 2. The maximum Gasteiger partial charge on any atom is 0.221 e. The van der Waals surface area contributed by atoms with E-state index in [9.17, 15) is 4.79 Å². The first-order valence-corrected chi connectivity index (χ1v) is 8.09. The molecule has 1 aromatic heterocycles. The van der Waals surface area contributed by atoms with E-state index in [2.05, 4.69) is 21.8 Å². The van der Waals surface area contributed by atoms with Gasteiger partial charge in [0.2, 0.25) is 5.91 Å². The van der Waals surface area contributed by atoms with Gasteiger partial charge in [-0.25, -0.2) is 4.98 Å². The summed E-state index contributed by atoms with van der Waals surface area (Å²) in [5.74, 6) is 1.04. The summed E-state index contributed by atoms with van der Waals surface area (Å²) in [6.45, 7) is 4.76. The number of hydrogen-bond acceptors (Lipinski definition) is 3. The first kappa shape index (κ1) is 15.0. The first-order chi connectivity index (χ1) is 10.6. The molecule has 1 N–H and O–H groups in total. The number of amides is 1. The van der Waals surface area contributed by atoms with Crippen molar-refractivity contribution in [3.63, 3.8) is 0 Å². The number of anilines is 1. The molecular weight excluding hydrogens is 276 g/mol. The molecular formula is C17H24N4O. The lowest BCUT2D eigenvalue weighted by molar-refractivity contribution is -0.114. The van der Waals surface area contributed by atoms with Crippen LogP contribution in [-0.2, 0) is 18.4 Å². The van der Waals surface area contributed by atoms with Crippen molar-refractivity contribution >= 4 is 22.6 Å². The van der Waals surface area contributed by atoms with Crippen molar-refractivity contribution in [2.24, 2.45) is 7.05 Å². The van der Waals surface area contributed by atoms with E-state index >= 15 is 0 Å². The number of aryl methyl sites for hydroxylation is 1. The normalized spacial score (nSPS) is 16.6. The highest BCUT2D eigenvalue weighted by atomic mass is 16.1. The molecule has 5 nitrogen and oxygen atoms in total. The van der Waals surface area contributed by atoms with Gasteiger partial charge in [-0.1, -0.05) is 12.8 Å². The van der Waals surface area contributed by atoms with Crippen molar-refractivity contribution in [1.29, 1.82) is 0 Å². The Morgan fingerprint density at radius 2 is 1.95 bits per heavy atom. The molecule has 22 heavy (non-hydrogen) atoms. The fourth-order valence-electron chi connectivity index (χ4n) is 3.17. The number of carbonyl (C=O) groups excluding carboxylic acids is 1. The van der Waals surface area contributed by atoms with E-state index in [1.54, 1.807) is 0 Å². The van der Waals surface area contributed by atoms with Crippen LogP contribution in [0.4, 0.5) is 5.69 Å². The van der Waals surface area contributed by atoms with Gasteiger partial charge in [-0.15, -0.1) is 0 Å². The number of benzene rings is 1. The van der Waals surface area contributed by atoms with Crippen LogP contribution >= 0.6 is 0 Å². The molecule has 0 radical (unpaired) electrons. The SMILES string of the molecule is CC(=O)Nc1ccc2c(c1)nc(CN1CCCCCC1)n2C. The van der Waals surface area contributed by atoms with Gasteiger partial charge in [-0.2, -0.15) is 0 Å². The van der Waals surface area contributed by atoms with Crippen molar-refractivity contribution in [3.05, 3.63) is 24.0 Å². The van der Waals surface area contributed by atoms with Gasteiger partial charge in [0.05, 0.1) is 17.6 Å². The predicted molar refractivity (Wildman–Crippen MR) is 88.8 cm³/mol. The smallest absolute Gasteiger partial charge is 0.221 e. The van der Waals surface area contributed by atoms with Crippen LogP contribution < -0.4 is 5.32 Å². The van der Waals surface area contributed by atoms with Crippen LogP contribution in [0.5, 0.6) is 0 Å². The standard InChI is InChI=1S/C17H24N4O/c1-13(22)18-14-7-8-16-15(11-14)19-17(20(16)2)12-21-9-5-3-4-6-10-21/h7-8,11H,3-6,9-10,12H2,1-2H3,(H,18,22). The molecule has 118 valence electrons. The first-order valence-electron chi connectivity index (χ1n) is 8.09. The number of hydrogen-bond donors (Lipinski definition) is 1. The van der Waals surface area contributed by atoms with Crippen LogP contribution in [0.2, 0.25) is 0 Å². The zero-order chi connectivity index (χ0) is 15.5. The van der Waals surface area contributed by atoms with Gasteiger partial charge >= 0.3 is 0 Å². The monoisotopic (exact) mass is 300 g/mol. The summed E-state index contributed by atoms with van der Waals surface area (Å²) >= 11 is 0. The third-order valence-electron chi connectivity index (χ3n) is 4.36. The van der Waals surface area contributed by atoms with Gasteiger partial charge in [-0.05, 0) is 44.1 Å². The second-order valence-corrected chi connectivity index (χ2v) is 6.16. The molecule has 2 heterocycles. The van der Waals surface area contributed by atoms with Crippen molar-refractivity contribution in [2.75, 3.05) is 18.4 Å². The quantitative estimate of drug-likeness (QED) is 0.948. The maximum absolute atomic E-state index is 11.2. The minimum atomic E-state index is -0.0555. The Balaban J connectivity index is 1.83.